The topological polar surface area (TPSA) is 77.4 Å². The van der Waals surface area contributed by atoms with E-state index in [2.05, 4.69) is 0 Å². The number of phenols is 2. The minimum Gasteiger partial charge on any atom is -0.504 e. The third kappa shape index (κ3) is 6.61. The summed E-state index contributed by atoms with van der Waals surface area (Å²) in [5.41, 5.74) is 1.27. The Bertz CT molecular complexity index is 751. The Morgan fingerprint density at radius 3 is 1.26 bits per heavy atom. The van der Waals surface area contributed by atoms with Gasteiger partial charge in [-0.15, -0.1) is 0 Å². The van der Waals surface area contributed by atoms with Gasteiger partial charge in [0.2, 0.25) is 11.5 Å². The number of hydrogen-bond acceptors (Lipinski definition) is 6. The molecule has 2 aromatic carbocycles. The maximum atomic E-state index is 10.9. The quantitative estimate of drug-likeness (QED) is 0.390. The van der Waals surface area contributed by atoms with Gasteiger partial charge >= 0.3 is 0 Å². The van der Waals surface area contributed by atoms with Crippen LogP contribution in [-0.4, -0.2) is 36.6 Å². The molecule has 6 nitrogen and oxygen atoms in total. The third-order valence-corrected chi connectivity index (χ3v) is 4.56. The van der Waals surface area contributed by atoms with Gasteiger partial charge in [-0.1, -0.05) is 39.8 Å². The summed E-state index contributed by atoms with van der Waals surface area (Å²) in [7, 11) is 0. The minimum atomic E-state index is 0.0313. The number of aromatic hydroxyl groups is 2. The number of ether oxygens (including phenoxy) is 4. The Labute approximate surface area is 185 Å². The molecule has 0 amide bonds. The maximum Gasteiger partial charge on any atom is 0.203 e. The van der Waals surface area contributed by atoms with Crippen molar-refractivity contribution in [2.75, 3.05) is 26.4 Å². The van der Waals surface area contributed by atoms with Gasteiger partial charge in [-0.05, 0) is 37.8 Å². The fourth-order valence-electron chi connectivity index (χ4n) is 3.02. The summed E-state index contributed by atoms with van der Waals surface area (Å²) in [5.74, 6) is 1.80. The van der Waals surface area contributed by atoms with Gasteiger partial charge in [0.05, 0.1) is 26.4 Å². The van der Waals surface area contributed by atoms with E-state index in [4.69, 9.17) is 18.9 Å². The predicted molar refractivity (Wildman–Crippen MR) is 122 cm³/mol. The van der Waals surface area contributed by atoms with Crippen molar-refractivity contribution in [2.45, 2.75) is 59.8 Å². The van der Waals surface area contributed by atoms with Crippen LogP contribution < -0.4 is 18.9 Å². The average Bonchev–Trinajstić information content (AvgIpc) is 2.77. The lowest BCUT2D eigenvalue weighted by atomic mass is 10.0. The molecule has 2 N–H and O–H groups in total. The lowest BCUT2D eigenvalue weighted by molar-refractivity contribution is 0.256. The van der Waals surface area contributed by atoms with Gasteiger partial charge in [-0.3, -0.25) is 0 Å². The first-order valence-corrected chi connectivity index (χ1v) is 11.3. The second kappa shape index (κ2) is 12.8. The van der Waals surface area contributed by atoms with E-state index in [9.17, 15) is 10.2 Å². The normalized spacial score (nSPS) is 10.7. The van der Waals surface area contributed by atoms with E-state index in [1.165, 1.54) is 0 Å². The maximum absolute atomic E-state index is 10.9. The Balaban J connectivity index is 2.37. The molecule has 0 heterocycles. The van der Waals surface area contributed by atoms with Crippen molar-refractivity contribution in [3.8, 4) is 34.5 Å². The lowest BCUT2D eigenvalue weighted by Gasteiger charge is -2.18. The van der Waals surface area contributed by atoms with Crippen LogP contribution in [0.25, 0.3) is 0 Å². The van der Waals surface area contributed by atoms with Gasteiger partial charge in [-0.25, -0.2) is 0 Å². The summed E-state index contributed by atoms with van der Waals surface area (Å²) in [6.45, 7) is 10.1. The molecular weight excluding hydrogens is 396 g/mol. The largest absolute Gasteiger partial charge is 0.504 e. The number of phenolic OH excluding ortho intramolecular Hbond substituents is 2. The van der Waals surface area contributed by atoms with Crippen molar-refractivity contribution >= 4 is 0 Å². The van der Waals surface area contributed by atoms with Crippen LogP contribution in [0.15, 0.2) is 24.3 Å². The van der Waals surface area contributed by atoms with Gasteiger partial charge in [0.25, 0.3) is 0 Å². The molecule has 2 rings (SSSR count). The van der Waals surface area contributed by atoms with Gasteiger partial charge < -0.3 is 29.2 Å². The second-order valence-electron chi connectivity index (χ2n) is 7.37. The van der Waals surface area contributed by atoms with E-state index in [0.717, 1.165) is 25.7 Å². The molecular formula is C25H36O6. The number of rotatable bonds is 14. The van der Waals surface area contributed by atoms with Crippen LogP contribution in [0, 0.1) is 0 Å². The number of hydrogen-bond donors (Lipinski definition) is 2. The smallest absolute Gasteiger partial charge is 0.203 e. The zero-order valence-electron chi connectivity index (χ0n) is 19.2. The van der Waals surface area contributed by atoms with E-state index in [1.807, 2.05) is 27.7 Å². The highest BCUT2D eigenvalue weighted by atomic mass is 16.5. The van der Waals surface area contributed by atoms with Crippen LogP contribution in [0.3, 0.4) is 0 Å². The van der Waals surface area contributed by atoms with E-state index >= 15 is 0 Å². The molecule has 2 aromatic rings. The summed E-state index contributed by atoms with van der Waals surface area (Å²) in [5, 5.41) is 21.8. The van der Waals surface area contributed by atoms with Crippen molar-refractivity contribution < 1.29 is 29.2 Å². The lowest BCUT2D eigenvalue weighted by Crippen LogP contribution is -2.04. The molecule has 31 heavy (non-hydrogen) atoms. The minimum absolute atomic E-state index is 0.0313. The standard InChI is InChI=1S/C25H36O6/c1-5-13-28-20-11-9-18(22(26)24(20)30-15-7-3)17-19-10-12-21(29-14-6-2)25(23(19)27)31-16-8-4/h9-12,26-27H,5-8,13-17H2,1-4H3. The summed E-state index contributed by atoms with van der Waals surface area (Å²) in [6.07, 6.45) is 3.65. The highest BCUT2D eigenvalue weighted by molar-refractivity contribution is 5.59. The van der Waals surface area contributed by atoms with E-state index in [0.29, 0.717) is 67.0 Å². The molecule has 0 aliphatic carbocycles. The van der Waals surface area contributed by atoms with Crippen LogP contribution in [0.4, 0.5) is 0 Å². The van der Waals surface area contributed by atoms with E-state index in [1.54, 1.807) is 24.3 Å². The van der Waals surface area contributed by atoms with Gasteiger partial charge in [0.15, 0.2) is 23.0 Å². The molecule has 0 bridgehead atoms. The Hall–Kier alpha value is -2.76. The van der Waals surface area contributed by atoms with Crippen LogP contribution in [0.1, 0.15) is 64.5 Å². The fraction of sp³-hybridized carbons (Fsp3) is 0.520. The van der Waals surface area contributed by atoms with Crippen molar-refractivity contribution in [3.05, 3.63) is 35.4 Å². The molecule has 172 valence electrons. The molecule has 0 spiro atoms. The van der Waals surface area contributed by atoms with E-state index < -0.39 is 0 Å². The Morgan fingerprint density at radius 2 is 0.903 bits per heavy atom. The van der Waals surface area contributed by atoms with E-state index in [-0.39, 0.29) is 11.5 Å². The van der Waals surface area contributed by atoms with Crippen molar-refractivity contribution in [1.29, 1.82) is 0 Å². The summed E-state index contributed by atoms with van der Waals surface area (Å²) < 4.78 is 23.0. The summed E-state index contributed by atoms with van der Waals surface area (Å²) in [4.78, 5) is 0. The molecule has 6 heteroatoms. The predicted octanol–water partition coefficient (Wildman–Crippen LogP) is 5.84. The van der Waals surface area contributed by atoms with Gasteiger partial charge in [0, 0.05) is 17.5 Å². The number of benzene rings is 2. The van der Waals surface area contributed by atoms with Gasteiger partial charge in [-0.2, -0.15) is 0 Å². The molecule has 0 fully saturated rings. The highest BCUT2D eigenvalue weighted by Crippen LogP contribution is 2.44. The first-order valence-electron chi connectivity index (χ1n) is 11.3. The van der Waals surface area contributed by atoms with Crippen molar-refractivity contribution in [2.24, 2.45) is 0 Å². The molecule has 0 saturated carbocycles. The van der Waals surface area contributed by atoms with Crippen LogP contribution in [-0.2, 0) is 6.42 Å². The third-order valence-electron chi connectivity index (χ3n) is 4.56. The monoisotopic (exact) mass is 432 g/mol. The molecule has 0 aliphatic heterocycles. The Kier molecular flexibility index (Phi) is 10.1. The average molecular weight is 433 g/mol. The fourth-order valence-corrected chi connectivity index (χ4v) is 3.02. The summed E-state index contributed by atoms with van der Waals surface area (Å²) >= 11 is 0. The molecule has 0 aromatic heterocycles. The van der Waals surface area contributed by atoms with Gasteiger partial charge in [0.1, 0.15) is 0 Å². The molecule has 0 aliphatic rings. The molecule has 0 atom stereocenters. The molecule has 0 saturated heterocycles. The highest BCUT2D eigenvalue weighted by Gasteiger charge is 2.20. The zero-order valence-corrected chi connectivity index (χ0v) is 19.2. The van der Waals surface area contributed by atoms with Crippen LogP contribution >= 0.6 is 0 Å². The molecule has 0 radical (unpaired) electrons. The Morgan fingerprint density at radius 1 is 0.548 bits per heavy atom. The van der Waals surface area contributed by atoms with Crippen molar-refractivity contribution in [3.63, 3.8) is 0 Å². The molecule has 0 unspecified atom stereocenters. The van der Waals surface area contributed by atoms with Crippen molar-refractivity contribution in [1.82, 2.24) is 0 Å². The first kappa shape index (κ1) is 24.5. The van der Waals surface area contributed by atoms with Crippen LogP contribution in [0.5, 0.6) is 34.5 Å². The van der Waals surface area contributed by atoms with Crippen LogP contribution in [0.2, 0.25) is 0 Å². The SMILES string of the molecule is CCCOc1ccc(Cc2ccc(OCCC)c(OCCC)c2O)c(O)c1OCCC. The first-order chi connectivity index (χ1) is 15.1. The second-order valence-corrected chi connectivity index (χ2v) is 7.37. The zero-order chi connectivity index (χ0) is 22.6. The summed E-state index contributed by atoms with van der Waals surface area (Å²) in [6, 6.07) is 7.21.